The van der Waals surface area contributed by atoms with Crippen molar-refractivity contribution in [2.24, 2.45) is 5.92 Å². The molecule has 0 radical (unpaired) electrons. The lowest BCUT2D eigenvalue weighted by atomic mass is 9.99. The Balaban J connectivity index is 2.62. The molecule has 1 heterocycles. The molecule has 0 saturated carbocycles. The lowest BCUT2D eigenvalue weighted by Crippen LogP contribution is -2.12. The summed E-state index contributed by atoms with van der Waals surface area (Å²) in [5.74, 6) is 0.760. The zero-order valence-corrected chi connectivity index (χ0v) is 8.14. The van der Waals surface area contributed by atoms with Crippen molar-refractivity contribution in [3.63, 3.8) is 0 Å². The quantitative estimate of drug-likeness (QED) is 0.770. The second-order valence-electron chi connectivity index (χ2n) is 3.32. The number of rotatable bonds is 4. The van der Waals surface area contributed by atoms with Gasteiger partial charge in [0.05, 0.1) is 0 Å². The van der Waals surface area contributed by atoms with Gasteiger partial charge in [0.15, 0.2) is 5.82 Å². The van der Waals surface area contributed by atoms with Crippen LogP contribution in [0.2, 0.25) is 0 Å². The molecule has 1 rings (SSSR count). The SMILES string of the molecule is CCCC(C)C(O)c1ncccn1. The highest BCUT2D eigenvalue weighted by Crippen LogP contribution is 2.21. The van der Waals surface area contributed by atoms with Crippen molar-refractivity contribution in [1.82, 2.24) is 9.97 Å². The van der Waals surface area contributed by atoms with Crippen LogP contribution in [0.1, 0.15) is 38.6 Å². The van der Waals surface area contributed by atoms with Gasteiger partial charge in [0.25, 0.3) is 0 Å². The van der Waals surface area contributed by atoms with Crippen molar-refractivity contribution in [2.75, 3.05) is 0 Å². The average Bonchev–Trinajstić information content (AvgIpc) is 2.18. The van der Waals surface area contributed by atoms with Crippen molar-refractivity contribution < 1.29 is 5.11 Å². The fourth-order valence-electron chi connectivity index (χ4n) is 1.33. The fraction of sp³-hybridized carbons (Fsp3) is 0.600. The van der Waals surface area contributed by atoms with Crippen LogP contribution in [-0.2, 0) is 0 Å². The molecule has 1 N–H and O–H groups in total. The highest BCUT2D eigenvalue weighted by Gasteiger charge is 2.17. The van der Waals surface area contributed by atoms with Crippen LogP contribution < -0.4 is 0 Å². The maximum atomic E-state index is 9.80. The minimum absolute atomic E-state index is 0.229. The van der Waals surface area contributed by atoms with E-state index in [1.807, 2.05) is 6.92 Å². The number of aromatic nitrogens is 2. The fourth-order valence-corrected chi connectivity index (χ4v) is 1.33. The van der Waals surface area contributed by atoms with E-state index in [4.69, 9.17) is 0 Å². The largest absolute Gasteiger partial charge is 0.385 e. The Morgan fingerprint density at radius 1 is 1.38 bits per heavy atom. The molecule has 3 nitrogen and oxygen atoms in total. The van der Waals surface area contributed by atoms with Gasteiger partial charge in [-0.25, -0.2) is 9.97 Å². The van der Waals surface area contributed by atoms with Gasteiger partial charge in [-0.05, 0) is 18.4 Å². The van der Waals surface area contributed by atoms with Gasteiger partial charge in [0, 0.05) is 12.4 Å². The normalized spacial score (nSPS) is 15.3. The van der Waals surface area contributed by atoms with Gasteiger partial charge in [0.1, 0.15) is 6.10 Å². The molecule has 72 valence electrons. The van der Waals surface area contributed by atoms with Crippen LogP contribution in [0.15, 0.2) is 18.5 Å². The van der Waals surface area contributed by atoms with Crippen molar-refractivity contribution in [3.8, 4) is 0 Å². The summed E-state index contributed by atoms with van der Waals surface area (Å²) in [6, 6.07) is 1.75. The van der Waals surface area contributed by atoms with Crippen LogP contribution in [0.5, 0.6) is 0 Å². The van der Waals surface area contributed by atoms with E-state index in [2.05, 4.69) is 16.9 Å². The molecule has 2 atom stereocenters. The standard InChI is InChI=1S/C10H16N2O/c1-3-5-8(2)9(13)10-11-6-4-7-12-10/h4,6-9,13H,3,5H2,1-2H3. The number of hydrogen-bond acceptors (Lipinski definition) is 3. The van der Waals surface area contributed by atoms with Crippen LogP contribution in [-0.4, -0.2) is 15.1 Å². The Morgan fingerprint density at radius 2 is 2.00 bits per heavy atom. The van der Waals surface area contributed by atoms with Crippen LogP contribution >= 0.6 is 0 Å². The van der Waals surface area contributed by atoms with Crippen molar-refractivity contribution in [2.45, 2.75) is 32.8 Å². The lowest BCUT2D eigenvalue weighted by molar-refractivity contribution is 0.103. The zero-order chi connectivity index (χ0) is 9.68. The molecule has 2 unspecified atom stereocenters. The molecule has 1 aromatic heterocycles. The van der Waals surface area contributed by atoms with Crippen LogP contribution in [0.4, 0.5) is 0 Å². The number of aliphatic hydroxyl groups excluding tert-OH is 1. The Morgan fingerprint density at radius 3 is 2.54 bits per heavy atom. The first kappa shape index (κ1) is 10.1. The lowest BCUT2D eigenvalue weighted by Gasteiger charge is -2.15. The Labute approximate surface area is 78.9 Å². The maximum absolute atomic E-state index is 9.80. The van der Waals surface area contributed by atoms with E-state index in [9.17, 15) is 5.11 Å². The molecule has 0 fully saturated rings. The minimum atomic E-state index is -0.527. The molecule has 13 heavy (non-hydrogen) atoms. The number of nitrogens with zero attached hydrogens (tertiary/aromatic N) is 2. The first-order valence-corrected chi connectivity index (χ1v) is 4.70. The Hall–Kier alpha value is -0.960. The summed E-state index contributed by atoms with van der Waals surface area (Å²) in [5.41, 5.74) is 0. The molecule has 0 aliphatic rings. The van der Waals surface area contributed by atoms with Crippen molar-refractivity contribution in [1.29, 1.82) is 0 Å². The minimum Gasteiger partial charge on any atom is -0.385 e. The summed E-state index contributed by atoms with van der Waals surface area (Å²) >= 11 is 0. The smallest absolute Gasteiger partial charge is 0.157 e. The average molecular weight is 180 g/mol. The number of hydrogen-bond donors (Lipinski definition) is 1. The van der Waals surface area contributed by atoms with Crippen LogP contribution in [0.3, 0.4) is 0 Å². The molecular weight excluding hydrogens is 164 g/mol. The molecular formula is C10H16N2O. The molecule has 1 aromatic rings. The van der Waals surface area contributed by atoms with Gasteiger partial charge in [-0.3, -0.25) is 0 Å². The van der Waals surface area contributed by atoms with Crippen LogP contribution in [0, 0.1) is 5.92 Å². The third kappa shape index (κ3) is 2.77. The first-order valence-electron chi connectivity index (χ1n) is 4.70. The molecule has 0 aliphatic heterocycles. The van der Waals surface area contributed by atoms with E-state index < -0.39 is 6.10 Å². The van der Waals surface area contributed by atoms with Gasteiger partial charge in [0.2, 0.25) is 0 Å². The van der Waals surface area contributed by atoms with E-state index in [0.717, 1.165) is 12.8 Å². The zero-order valence-electron chi connectivity index (χ0n) is 8.14. The molecule has 0 bridgehead atoms. The molecule has 0 amide bonds. The van der Waals surface area contributed by atoms with E-state index >= 15 is 0 Å². The Kier molecular flexibility index (Phi) is 3.83. The van der Waals surface area contributed by atoms with Crippen molar-refractivity contribution in [3.05, 3.63) is 24.3 Å². The molecule has 3 heteroatoms. The monoisotopic (exact) mass is 180 g/mol. The van der Waals surface area contributed by atoms with E-state index in [1.165, 1.54) is 0 Å². The summed E-state index contributed by atoms with van der Waals surface area (Å²) < 4.78 is 0. The van der Waals surface area contributed by atoms with Crippen LogP contribution in [0.25, 0.3) is 0 Å². The predicted molar refractivity (Wildman–Crippen MR) is 51.1 cm³/mol. The second kappa shape index (κ2) is 4.92. The highest BCUT2D eigenvalue weighted by atomic mass is 16.3. The molecule has 0 aromatic carbocycles. The molecule has 0 saturated heterocycles. The van der Waals surface area contributed by atoms with E-state index in [0.29, 0.717) is 5.82 Å². The summed E-state index contributed by atoms with van der Waals surface area (Å²) in [4.78, 5) is 8.04. The maximum Gasteiger partial charge on any atom is 0.157 e. The second-order valence-corrected chi connectivity index (χ2v) is 3.32. The Bertz CT molecular complexity index is 238. The third-order valence-corrected chi connectivity index (χ3v) is 2.13. The first-order chi connectivity index (χ1) is 6.25. The molecule has 0 spiro atoms. The van der Waals surface area contributed by atoms with Gasteiger partial charge in [-0.1, -0.05) is 20.3 Å². The summed E-state index contributed by atoms with van der Waals surface area (Å²) in [5, 5.41) is 9.80. The van der Waals surface area contributed by atoms with E-state index in [1.54, 1.807) is 18.5 Å². The molecule has 0 aliphatic carbocycles. The summed E-state index contributed by atoms with van der Waals surface area (Å²) in [6.07, 6.45) is 4.86. The topological polar surface area (TPSA) is 46.0 Å². The summed E-state index contributed by atoms with van der Waals surface area (Å²) in [6.45, 7) is 4.12. The van der Waals surface area contributed by atoms with Gasteiger partial charge >= 0.3 is 0 Å². The van der Waals surface area contributed by atoms with Gasteiger partial charge in [-0.15, -0.1) is 0 Å². The highest BCUT2D eigenvalue weighted by molar-refractivity contribution is 4.93. The third-order valence-electron chi connectivity index (χ3n) is 2.13. The number of aliphatic hydroxyl groups is 1. The van der Waals surface area contributed by atoms with E-state index in [-0.39, 0.29) is 5.92 Å². The van der Waals surface area contributed by atoms with Gasteiger partial charge < -0.3 is 5.11 Å². The summed E-state index contributed by atoms with van der Waals surface area (Å²) in [7, 11) is 0. The van der Waals surface area contributed by atoms with Crippen molar-refractivity contribution >= 4 is 0 Å². The predicted octanol–water partition coefficient (Wildman–Crippen LogP) is 1.95. The van der Waals surface area contributed by atoms with Gasteiger partial charge in [-0.2, -0.15) is 0 Å².